The molecule has 0 aliphatic carbocycles. The van der Waals surface area contributed by atoms with Crippen LogP contribution in [0.5, 0.6) is 11.6 Å². The van der Waals surface area contributed by atoms with Gasteiger partial charge < -0.3 is 14.8 Å². The zero-order valence-electron chi connectivity index (χ0n) is 12.4. The summed E-state index contributed by atoms with van der Waals surface area (Å²) >= 11 is 0. The number of pyridine rings is 1. The lowest BCUT2D eigenvalue weighted by Gasteiger charge is -2.08. The Morgan fingerprint density at radius 3 is 2.57 bits per heavy atom. The Morgan fingerprint density at radius 2 is 1.81 bits per heavy atom. The molecule has 0 atom stereocenters. The van der Waals surface area contributed by atoms with Crippen molar-refractivity contribution in [3.63, 3.8) is 0 Å². The second-order valence-corrected chi connectivity index (χ2v) is 4.79. The number of benzene rings is 1. The number of hydrogen-bond acceptors (Lipinski definition) is 4. The summed E-state index contributed by atoms with van der Waals surface area (Å²) in [5.41, 5.74) is 1.14. The highest BCUT2D eigenvalue weighted by molar-refractivity contribution is 5.20. The molecule has 0 spiro atoms. The zero-order valence-corrected chi connectivity index (χ0v) is 12.4. The summed E-state index contributed by atoms with van der Waals surface area (Å²) in [6, 6.07) is 13.7. The standard InChI is InChI=1S/C17H22N2O2/c1-15-8-9-17(19-14-15)21-12-5-10-18-11-13-20-16-6-3-2-4-7-16/h2-4,6-9,14,18H,5,10-13H2,1H3. The van der Waals surface area contributed by atoms with Gasteiger partial charge in [0, 0.05) is 18.8 Å². The van der Waals surface area contributed by atoms with E-state index in [0.717, 1.165) is 30.8 Å². The predicted octanol–water partition coefficient (Wildman–Crippen LogP) is 2.83. The molecule has 0 saturated carbocycles. The van der Waals surface area contributed by atoms with Crippen LogP contribution in [0.1, 0.15) is 12.0 Å². The van der Waals surface area contributed by atoms with Gasteiger partial charge in [-0.1, -0.05) is 24.3 Å². The zero-order chi connectivity index (χ0) is 14.8. The molecule has 2 rings (SSSR count). The van der Waals surface area contributed by atoms with Crippen LogP contribution < -0.4 is 14.8 Å². The molecule has 4 heteroatoms. The highest BCUT2D eigenvalue weighted by Gasteiger charge is 1.95. The van der Waals surface area contributed by atoms with Gasteiger partial charge in [0.15, 0.2) is 0 Å². The van der Waals surface area contributed by atoms with Crippen LogP contribution >= 0.6 is 0 Å². The third kappa shape index (κ3) is 6.27. The summed E-state index contributed by atoms with van der Waals surface area (Å²) in [7, 11) is 0. The van der Waals surface area contributed by atoms with Crippen LogP contribution in [0.15, 0.2) is 48.7 Å². The van der Waals surface area contributed by atoms with E-state index in [4.69, 9.17) is 9.47 Å². The average molecular weight is 286 g/mol. The highest BCUT2D eigenvalue weighted by atomic mass is 16.5. The molecular weight excluding hydrogens is 264 g/mol. The third-order valence-electron chi connectivity index (χ3n) is 2.92. The Balaban J connectivity index is 1.46. The number of rotatable bonds is 9. The van der Waals surface area contributed by atoms with E-state index < -0.39 is 0 Å². The minimum Gasteiger partial charge on any atom is -0.492 e. The SMILES string of the molecule is Cc1ccc(OCCCNCCOc2ccccc2)nc1. The first kappa shape index (κ1) is 15.3. The minimum absolute atomic E-state index is 0.669. The van der Waals surface area contributed by atoms with Gasteiger partial charge in [0.2, 0.25) is 5.88 Å². The Bertz CT molecular complexity index is 500. The first-order valence-electron chi connectivity index (χ1n) is 7.28. The van der Waals surface area contributed by atoms with Crippen LogP contribution in [-0.4, -0.2) is 31.3 Å². The molecule has 0 aliphatic rings. The lowest BCUT2D eigenvalue weighted by Crippen LogP contribution is -2.23. The van der Waals surface area contributed by atoms with E-state index in [2.05, 4.69) is 10.3 Å². The maximum Gasteiger partial charge on any atom is 0.213 e. The van der Waals surface area contributed by atoms with Crippen LogP contribution in [0.3, 0.4) is 0 Å². The third-order valence-corrected chi connectivity index (χ3v) is 2.92. The summed E-state index contributed by atoms with van der Waals surface area (Å²) in [5.74, 6) is 1.60. The van der Waals surface area contributed by atoms with Crippen molar-refractivity contribution < 1.29 is 9.47 Å². The number of nitrogens with one attached hydrogen (secondary N) is 1. The molecular formula is C17H22N2O2. The van der Waals surface area contributed by atoms with Crippen molar-refractivity contribution in [1.82, 2.24) is 10.3 Å². The predicted molar refractivity (Wildman–Crippen MR) is 83.9 cm³/mol. The van der Waals surface area contributed by atoms with E-state index in [9.17, 15) is 0 Å². The van der Waals surface area contributed by atoms with Crippen LogP contribution in [0, 0.1) is 6.92 Å². The van der Waals surface area contributed by atoms with Crippen molar-refractivity contribution in [2.45, 2.75) is 13.3 Å². The Kier molecular flexibility index (Phi) is 6.55. The van der Waals surface area contributed by atoms with Gasteiger partial charge in [-0.3, -0.25) is 0 Å². The molecule has 2 aromatic rings. The van der Waals surface area contributed by atoms with E-state index >= 15 is 0 Å². The maximum atomic E-state index is 5.59. The second kappa shape index (κ2) is 8.97. The second-order valence-electron chi connectivity index (χ2n) is 4.79. The Morgan fingerprint density at radius 1 is 0.952 bits per heavy atom. The summed E-state index contributed by atoms with van der Waals surface area (Å²) in [4.78, 5) is 4.20. The van der Waals surface area contributed by atoms with Crippen molar-refractivity contribution in [1.29, 1.82) is 0 Å². The first-order chi connectivity index (χ1) is 10.3. The van der Waals surface area contributed by atoms with E-state index in [1.165, 1.54) is 0 Å². The number of nitrogens with zero attached hydrogens (tertiary/aromatic N) is 1. The number of ether oxygens (including phenoxy) is 2. The fraction of sp³-hybridized carbons (Fsp3) is 0.353. The van der Waals surface area contributed by atoms with Crippen molar-refractivity contribution in [2.75, 3.05) is 26.3 Å². The van der Waals surface area contributed by atoms with Crippen molar-refractivity contribution in [2.24, 2.45) is 0 Å². The largest absolute Gasteiger partial charge is 0.492 e. The molecule has 112 valence electrons. The van der Waals surface area contributed by atoms with Gasteiger partial charge in [-0.15, -0.1) is 0 Å². The Labute approximate surface area is 126 Å². The normalized spacial score (nSPS) is 10.3. The molecule has 1 aromatic heterocycles. The topological polar surface area (TPSA) is 43.4 Å². The highest BCUT2D eigenvalue weighted by Crippen LogP contribution is 2.07. The molecule has 0 amide bonds. The minimum atomic E-state index is 0.669. The van der Waals surface area contributed by atoms with Crippen molar-refractivity contribution in [3.05, 3.63) is 54.2 Å². The molecule has 0 bridgehead atoms. The summed E-state index contributed by atoms with van der Waals surface area (Å²) in [6.07, 6.45) is 2.76. The molecule has 1 heterocycles. The van der Waals surface area contributed by atoms with Gasteiger partial charge in [-0.25, -0.2) is 4.98 Å². The molecule has 0 saturated heterocycles. The molecule has 1 aromatic carbocycles. The molecule has 0 radical (unpaired) electrons. The first-order valence-corrected chi connectivity index (χ1v) is 7.28. The van der Waals surface area contributed by atoms with Gasteiger partial charge in [-0.05, 0) is 37.6 Å². The van der Waals surface area contributed by atoms with E-state index in [0.29, 0.717) is 19.1 Å². The fourth-order valence-electron chi connectivity index (χ4n) is 1.80. The fourth-order valence-corrected chi connectivity index (χ4v) is 1.80. The van der Waals surface area contributed by atoms with E-state index in [-0.39, 0.29) is 0 Å². The molecule has 4 nitrogen and oxygen atoms in total. The van der Waals surface area contributed by atoms with Gasteiger partial charge in [0.25, 0.3) is 0 Å². The van der Waals surface area contributed by atoms with Gasteiger partial charge in [0.1, 0.15) is 12.4 Å². The van der Waals surface area contributed by atoms with E-state index in [1.54, 1.807) is 0 Å². The van der Waals surface area contributed by atoms with Crippen LogP contribution in [0.4, 0.5) is 0 Å². The maximum absolute atomic E-state index is 5.59. The lowest BCUT2D eigenvalue weighted by atomic mass is 10.3. The summed E-state index contributed by atoms with van der Waals surface area (Å²) < 4.78 is 11.1. The smallest absolute Gasteiger partial charge is 0.213 e. The molecule has 21 heavy (non-hydrogen) atoms. The molecule has 0 aliphatic heterocycles. The molecule has 1 N–H and O–H groups in total. The summed E-state index contributed by atoms with van der Waals surface area (Å²) in [6.45, 7) is 5.09. The van der Waals surface area contributed by atoms with E-state index in [1.807, 2.05) is 55.6 Å². The van der Waals surface area contributed by atoms with Crippen molar-refractivity contribution in [3.8, 4) is 11.6 Å². The summed E-state index contributed by atoms with van der Waals surface area (Å²) in [5, 5.41) is 3.33. The van der Waals surface area contributed by atoms with Crippen molar-refractivity contribution >= 4 is 0 Å². The number of hydrogen-bond donors (Lipinski definition) is 1. The lowest BCUT2D eigenvalue weighted by molar-refractivity contribution is 0.287. The Hall–Kier alpha value is -2.07. The van der Waals surface area contributed by atoms with Gasteiger partial charge in [-0.2, -0.15) is 0 Å². The average Bonchev–Trinajstić information content (AvgIpc) is 2.53. The van der Waals surface area contributed by atoms with Crippen LogP contribution in [-0.2, 0) is 0 Å². The monoisotopic (exact) mass is 286 g/mol. The number of aromatic nitrogens is 1. The quantitative estimate of drug-likeness (QED) is 0.720. The van der Waals surface area contributed by atoms with Gasteiger partial charge in [0.05, 0.1) is 6.61 Å². The molecule has 0 fully saturated rings. The number of para-hydroxylation sites is 1. The van der Waals surface area contributed by atoms with Gasteiger partial charge >= 0.3 is 0 Å². The molecule has 0 unspecified atom stereocenters. The van der Waals surface area contributed by atoms with Crippen LogP contribution in [0.2, 0.25) is 0 Å². The number of aryl methyl sites for hydroxylation is 1. The van der Waals surface area contributed by atoms with Crippen LogP contribution in [0.25, 0.3) is 0 Å².